The molecule has 2 aromatic heterocycles. The monoisotopic (exact) mass is 400 g/mol. The zero-order chi connectivity index (χ0) is 19.5. The summed E-state index contributed by atoms with van der Waals surface area (Å²) in [6.07, 6.45) is 3.14. The average molecular weight is 400 g/mol. The number of hydrogen-bond donors (Lipinski definition) is 2. The number of fused-ring (bicyclic) bond motifs is 3. The lowest BCUT2D eigenvalue weighted by molar-refractivity contribution is -0.136. The van der Waals surface area contributed by atoms with Crippen LogP contribution >= 0.6 is 0 Å². The summed E-state index contributed by atoms with van der Waals surface area (Å²) in [5.41, 5.74) is 2.67. The first-order valence-corrected chi connectivity index (χ1v) is 10.6. The number of imidazole rings is 1. The van der Waals surface area contributed by atoms with Crippen LogP contribution in [0.4, 0.5) is 10.1 Å². The number of nitrogens with zero attached hydrogens (tertiary/aromatic N) is 4. The summed E-state index contributed by atoms with van der Waals surface area (Å²) in [4.78, 5) is 29.5. The second kappa shape index (κ2) is 6.63. The van der Waals surface area contributed by atoms with Gasteiger partial charge in [-0.15, -0.1) is 0 Å². The highest BCUT2D eigenvalue weighted by Gasteiger charge is 2.51. The van der Waals surface area contributed by atoms with Gasteiger partial charge in [0.2, 0.25) is 5.91 Å². The number of anilines is 1. The second-order valence-electron chi connectivity index (χ2n) is 8.61. The molecule has 3 unspecified atom stereocenters. The minimum absolute atomic E-state index is 0.0234. The van der Waals surface area contributed by atoms with Crippen LogP contribution in [-0.4, -0.2) is 76.8 Å². The van der Waals surface area contributed by atoms with E-state index in [4.69, 9.17) is 4.74 Å². The Balaban J connectivity index is 1.27. The molecule has 3 aliphatic heterocycles. The van der Waals surface area contributed by atoms with Gasteiger partial charge in [-0.1, -0.05) is 0 Å². The van der Waals surface area contributed by atoms with Gasteiger partial charge in [0.05, 0.1) is 18.2 Å². The molecule has 2 bridgehead atoms. The molecule has 1 amide bonds. The number of pyridine rings is 1. The molecular formula is C20H25FN6O2. The van der Waals surface area contributed by atoms with Gasteiger partial charge in [-0.2, -0.15) is 0 Å². The summed E-state index contributed by atoms with van der Waals surface area (Å²) in [5.74, 6) is 0.429. The van der Waals surface area contributed by atoms with E-state index in [2.05, 4.69) is 25.2 Å². The fourth-order valence-corrected chi connectivity index (χ4v) is 5.14. The third-order valence-electron chi connectivity index (χ3n) is 6.73. The molecule has 5 atom stereocenters. The van der Waals surface area contributed by atoms with Crippen molar-refractivity contribution in [3.63, 3.8) is 0 Å². The van der Waals surface area contributed by atoms with Gasteiger partial charge in [-0.25, -0.2) is 14.4 Å². The van der Waals surface area contributed by atoms with E-state index in [9.17, 15) is 9.18 Å². The number of H-pyrrole nitrogens is 1. The van der Waals surface area contributed by atoms with Crippen LogP contribution in [0.1, 0.15) is 31.2 Å². The van der Waals surface area contributed by atoms with Crippen molar-refractivity contribution in [2.45, 2.75) is 43.6 Å². The molecule has 0 aromatic carbocycles. The minimum Gasteiger partial charge on any atom is -0.368 e. The van der Waals surface area contributed by atoms with E-state index < -0.39 is 12.1 Å². The van der Waals surface area contributed by atoms with Crippen molar-refractivity contribution in [1.29, 1.82) is 0 Å². The molecule has 9 heteroatoms. The van der Waals surface area contributed by atoms with Crippen molar-refractivity contribution in [1.82, 2.24) is 25.2 Å². The van der Waals surface area contributed by atoms with Gasteiger partial charge in [0.1, 0.15) is 23.6 Å². The van der Waals surface area contributed by atoms with Gasteiger partial charge in [0.25, 0.3) is 0 Å². The standard InChI is InChI=1S/C20H25FN6O2/c21-14-7-13(14)20(28)27-11-1-2-12(27)10-26(9-11)15-3-4-23-19-17(15)24-18(25-19)16-8-22-5-6-29-16/h3-4,11-14,16,22H,1-2,5-10H2,(H,23,24,25)/t11?,12?,13-,14-,16?/m1/s1. The zero-order valence-electron chi connectivity index (χ0n) is 16.2. The van der Waals surface area contributed by atoms with Gasteiger partial charge in [0, 0.05) is 44.5 Å². The lowest BCUT2D eigenvalue weighted by Gasteiger charge is -2.42. The number of piperazine rings is 1. The van der Waals surface area contributed by atoms with Crippen LogP contribution in [0.5, 0.6) is 0 Å². The quantitative estimate of drug-likeness (QED) is 0.804. The first-order chi connectivity index (χ1) is 14.2. The fraction of sp³-hybridized carbons (Fsp3) is 0.650. The Morgan fingerprint density at radius 3 is 2.76 bits per heavy atom. The Hall–Kier alpha value is -2.26. The van der Waals surface area contributed by atoms with E-state index >= 15 is 0 Å². The first kappa shape index (κ1) is 17.6. The zero-order valence-corrected chi connectivity index (χ0v) is 16.2. The number of hydrogen-bond acceptors (Lipinski definition) is 6. The normalized spacial score (nSPS) is 34.0. The summed E-state index contributed by atoms with van der Waals surface area (Å²) in [5, 5.41) is 3.33. The predicted octanol–water partition coefficient (Wildman–Crippen LogP) is 1.16. The Kier molecular flexibility index (Phi) is 4.02. The molecule has 4 fully saturated rings. The fourth-order valence-electron chi connectivity index (χ4n) is 5.14. The third kappa shape index (κ3) is 2.90. The van der Waals surface area contributed by atoms with Crippen molar-refractivity contribution in [2.75, 3.05) is 37.7 Å². The molecule has 3 saturated heterocycles. The summed E-state index contributed by atoms with van der Waals surface area (Å²) >= 11 is 0. The summed E-state index contributed by atoms with van der Waals surface area (Å²) < 4.78 is 19.3. The van der Waals surface area contributed by atoms with E-state index in [1.165, 1.54) is 0 Å². The molecule has 2 aromatic rings. The molecule has 5 heterocycles. The molecule has 29 heavy (non-hydrogen) atoms. The predicted molar refractivity (Wildman–Crippen MR) is 104 cm³/mol. The van der Waals surface area contributed by atoms with Crippen LogP contribution < -0.4 is 10.2 Å². The molecule has 1 saturated carbocycles. The molecule has 0 radical (unpaired) electrons. The molecule has 154 valence electrons. The summed E-state index contributed by atoms with van der Waals surface area (Å²) in [6, 6.07) is 2.33. The number of halogens is 1. The SMILES string of the molecule is O=C([C@@H]1C[C@H]1F)N1C2CCC1CN(c1ccnc3nc(C4CNCCO4)[nH]c13)C2. The number of morpholine rings is 1. The maximum atomic E-state index is 13.4. The molecule has 4 aliphatic rings. The Labute approximate surface area is 167 Å². The summed E-state index contributed by atoms with van der Waals surface area (Å²) in [6.45, 7) is 3.79. The number of aromatic nitrogens is 3. The molecule has 0 spiro atoms. The maximum Gasteiger partial charge on any atom is 0.229 e. The number of amides is 1. The summed E-state index contributed by atoms with van der Waals surface area (Å²) in [7, 11) is 0. The first-order valence-electron chi connectivity index (χ1n) is 10.6. The van der Waals surface area contributed by atoms with Crippen LogP contribution in [0.2, 0.25) is 0 Å². The van der Waals surface area contributed by atoms with Crippen LogP contribution in [0.15, 0.2) is 12.3 Å². The highest BCUT2D eigenvalue weighted by Crippen LogP contribution is 2.41. The van der Waals surface area contributed by atoms with E-state index in [0.29, 0.717) is 18.7 Å². The van der Waals surface area contributed by atoms with Crippen LogP contribution in [0.3, 0.4) is 0 Å². The molecular weight excluding hydrogens is 375 g/mol. The average Bonchev–Trinajstić information content (AvgIpc) is 3.21. The van der Waals surface area contributed by atoms with Crippen molar-refractivity contribution < 1.29 is 13.9 Å². The number of rotatable bonds is 3. The molecule has 2 N–H and O–H groups in total. The molecule has 1 aliphatic carbocycles. The van der Waals surface area contributed by atoms with Crippen LogP contribution in [-0.2, 0) is 9.53 Å². The van der Waals surface area contributed by atoms with Crippen LogP contribution in [0.25, 0.3) is 11.2 Å². The van der Waals surface area contributed by atoms with Crippen LogP contribution in [0, 0.1) is 5.92 Å². The van der Waals surface area contributed by atoms with E-state index in [1.54, 1.807) is 6.20 Å². The smallest absolute Gasteiger partial charge is 0.229 e. The number of aromatic amines is 1. The number of ether oxygens (including phenoxy) is 1. The van der Waals surface area contributed by atoms with Crippen molar-refractivity contribution in [3.8, 4) is 0 Å². The number of alkyl halides is 1. The van der Waals surface area contributed by atoms with E-state index in [1.807, 2.05) is 11.0 Å². The highest BCUT2D eigenvalue weighted by molar-refractivity contribution is 5.87. The van der Waals surface area contributed by atoms with E-state index in [0.717, 1.165) is 56.0 Å². The van der Waals surface area contributed by atoms with Crippen molar-refractivity contribution in [2.24, 2.45) is 5.92 Å². The van der Waals surface area contributed by atoms with Gasteiger partial charge in [-0.3, -0.25) is 4.79 Å². The lowest BCUT2D eigenvalue weighted by atomic mass is 10.1. The molecule has 8 nitrogen and oxygen atoms in total. The lowest BCUT2D eigenvalue weighted by Crippen LogP contribution is -2.56. The maximum absolute atomic E-state index is 13.4. The Morgan fingerprint density at radius 1 is 1.28 bits per heavy atom. The number of carbonyl (C=O) groups is 1. The second-order valence-corrected chi connectivity index (χ2v) is 8.61. The highest BCUT2D eigenvalue weighted by atomic mass is 19.1. The van der Waals surface area contributed by atoms with Gasteiger partial charge >= 0.3 is 0 Å². The number of carbonyl (C=O) groups excluding carboxylic acids is 1. The van der Waals surface area contributed by atoms with Crippen molar-refractivity contribution >= 4 is 22.8 Å². The molecule has 6 rings (SSSR count). The van der Waals surface area contributed by atoms with Crippen molar-refractivity contribution in [3.05, 3.63) is 18.1 Å². The largest absolute Gasteiger partial charge is 0.368 e. The number of nitrogens with one attached hydrogen (secondary N) is 2. The van der Waals surface area contributed by atoms with Gasteiger partial charge in [0.15, 0.2) is 5.65 Å². The van der Waals surface area contributed by atoms with Gasteiger partial charge in [-0.05, 0) is 25.3 Å². The minimum atomic E-state index is -0.931. The van der Waals surface area contributed by atoms with Gasteiger partial charge < -0.3 is 24.8 Å². The Bertz CT molecular complexity index is 930. The third-order valence-corrected chi connectivity index (χ3v) is 6.73. The topological polar surface area (TPSA) is 86.4 Å². The van der Waals surface area contributed by atoms with E-state index in [-0.39, 0.29) is 24.1 Å². The Morgan fingerprint density at radius 2 is 2.07 bits per heavy atom.